The second kappa shape index (κ2) is 5.42. The molecule has 0 N–H and O–H groups in total. The van der Waals surface area contributed by atoms with Crippen LogP contribution in [0, 0.1) is 36.0 Å². The summed E-state index contributed by atoms with van der Waals surface area (Å²) in [6.45, 7) is 3.37. The predicted octanol–water partition coefficient (Wildman–Crippen LogP) is 0.812. The van der Waals surface area contributed by atoms with Gasteiger partial charge in [0.25, 0.3) is 0 Å². The summed E-state index contributed by atoms with van der Waals surface area (Å²) in [4.78, 5) is 0. The first-order valence-electron chi connectivity index (χ1n) is 1.99. The van der Waals surface area contributed by atoms with Crippen molar-refractivity contribution in [3.05, 3.63) is 12.7 Å². The van der Waals surface area contributed by atoms with Gasteiger partial charge in [-0.2, -0.15) is 0 Å². The Balaban J connectivity index is 3.79. The van der Waals surface area contributed by atoms with Crippen molar-refractivity contribution in [2.24, 2.45) is 0 Å². The Bertz CT molecular complexity index is 217. The molecule has 0 aliphatic carbocycles. The average Bonchev–Trinajstić information content (AvgIpc) is 1.81. The number of rotatable bonds is 0. The summed E-state index contributed by atoms with van der Waals surface area (Å²) in [5.41, 5.74) is 0. The van der Waals surface area contributed by atoms with Gasteiger partial charge in [-0.05, 0) is 29.8 Å². The van der Waals surface area contributed by atoms with Gasteiger partial charge in [-0.1, -0.05) is 12.5 Å². The summed E-state index contributed by atoms with van der Waals surface area (Å²) < 4.78 is 0. The molecule has 0 aliphatic rings. The zero-order valence-corrected chi connectivity index (χ0v) is 4.36. The zero-order chi connectivity index (χ0) is 6.24. The van der Waals surface area contributed by atoms with E-state index in [0.717, 1.165) is 0 Å². The monoisotopic (exact) mass is 100 g/mol. The number of hydrogen-bond acceptors (Lipinski definition) is 0. The average molecular weight is 100 g/mol. The van der Waals surface area contributed by atoms with Crippen molar-refractivity contribution >= 4 is 0 Å². The Kier molecular flexibility index (Phi) is 4.35. The summed E-state index contributed by atoms with van der Waals surface area (Å²) in [6, 6.07) is 0. The van der Waals surface area contributed by atoms with Crippen LogP contribution >= 0.6 is 0 Å². The van der Waals surface area contributed by atoms with E-state index < -0.39 is 0 Å². The third-order valence-electron chi connectivity index (χ3n) is 0.371. The van der Waals surface area contributed by atoms with Gasteiger partial charge in [0.2, 0.25) is 0 Å². The van der Waals surface area contributed by atoms with Gasteiger partial charge in [0.1, 0.15) is 0 Å². The van der Waals surface area contributed by atoms with Crippen molar-refractivity contribution in [2.45, 2.75) is 0 Å². The van der Waals surface area contributed by atoms with Gasteiger partial charge in [0.05, 0.1) is 0 Å². The van der Waals surface area contributed by atoms with Gasteiger partial charge >= 0.3 is 0 Å². The molecular weight excluding hydrogens is 96.1 g/mol. The highest BCUT2D eigenvalue weighted by Gasteiger charge is 1.48. The molecular formula is C8H4. The van der Waals surface area contributed by atoms with E-state index in [0.29, 0.717) is 0 Å². The minimum atomic E-state index is 1.46. The lowest BCUT2D eigenvalue weighted by Gasteiger charge is -1.52. The Morgan fingerprint density at radius 3 is 2.50 bits per heavy atom. The van der Waals surface area contributed by atoms with Crippen LogP contribution in [0.15, 0.2) is 12.7 Å². The van der Waals surface area contributed by atoms with E-state index in [1.165, 1.54) is 6.08 Å². The normalized spacial score (nSPS) is 3.88. The smallest absolute Gasteiger partial charge is 0.000718 e. The molecule has 0 atom stereocenters. The molecule has 0 radical (unpaired) electrons. The lowest BCUT2D eigenvalue weighted by atomic mass is 10.5. The van der Waals surface area contributed by atoms with Crippen LogP contribution in [0.3, 0.4) is 0 Å². The molecule has 0 nitrogen and oxygen atoms in total. The molecule has 0 heterocycles. The lowest BCUT2D eigenvalue weighted by molar-refractivity contribution is 2.28. The maximum Gasteiger partial charge on any atom is -0.000718 e. The molecule has 0 unspecified atom stereocenters. The summed E-state index contributed by atoms with van der Waals surface area (Å²) in [6.07, 6.45) is 6.26. The number of allylic oxidation sites excluding steroid dienone is 1. The SMILES string of the molecule is C#CC#CC#CC=C. The van der Waals surface area contributed by atoms with Crippen molar-refractivity contribution in [2.75, 3.05) is 0 Å². The summed E-state index contributed by atoms with van der Waals surface area (Å²) in [5.74, 6) is 11.9. The largest absolute Gasteiger partial charge is 0.106 e. The van der Waals surface area contributed by atoms with Crippen LogP contribution in [0.2, 0.25) is 0 Å². The summed E-state index contributed by atoms with van der Waals surface area (Å²) in [7, 11) is 0. The van der Waals surface area contributed by atoms with Gasteiger partial charge < -0.3 is 0 Å². The third kappa shape index (κ3) is 4.42. The lowest BCUT2D eigenvalue weighted by Crippen LogP contribution is -1.47. The Hall–Kier alpha value is -1.58. The second-order valence-electron chi connectivity index (χ2n) is 0.868. The van der Waals surface area contributed by atoms with Crippen LogP contribution in [-0.4, -0.2) is 0 Å². The van der Waals surface area contributed by atoms with E-state index in [2.05, 4.69) is 36.2 Å². The van der Waals surface area contributed by atoms with Gasteiger partial charge in [0, 0.05) is 0 Å². The number of hydrogen-bond donors (Lipinski definition) is 0. The first kappa shape index (κ1) is 6.42. The highest BCUT2D eigenvalue weighted by Crippen LogP contribution is 1.54. The van der Waals surface area contributed by atoms with Crippen molar-refractivity contribution in [3.63, 3.8) is 0 Å². The highest BCUT2D eigenvalue weighted by molar-refractivity contribution is 5.35. The van der Waals surface area contributed by atoms with Gasteiger partial charge in [-0.3, -0.25) is 0 Å². The topological polar surface area (TPSA) is 0 Å². The van der Waals surface area contributed by atoms with E-state index >= 15 is 0 Å². The fourth-order valence-corrected chi connectivity index (χ4v) is 0.154. The fourth-order valence-electron chi connectivity index (χ4n) is 0.154. The first-order chi connectivity index (χ1) is 3.91. The molecule has 0 spiro atoms. The predicted molar refractivity (Wildman–Crippen MR) is 34.6 cm³/mol. The van der Waals surface area contributed by atoms with Crippen LogP contribution in [0.4, 0.5) is 0 Å². The van der Waals surface area contributed by atoms with Crippen LogP contribution < -0.4 is 0 Å². The van der Waals surface area contributed by atoms with Crippen LogP contribution in [0.5, 0.6) is 0 Å². The summed E-state index contributed by atoms with van der Waals surface area (Å²) in [5, 5.41) is 0. The van der Waals surface area contributed by atoms with Gasteiger partial charge in [0.15, 0.2) is 0 Å². The molecule has 0 bridgehead atoms. The minimum Gasteiger partial charge on any atom is -0.106 e. The standard InChI is InChI=1S/C8H4/c1-3-5-7-8-6-4-2/h1,4H,2H2. The Morgan fingerprint density at radius 2 is 2.00 bits per heavy atom. The highest BCUT2D eigenvalue weighted by atomic mass is 13.5. The van der Waals surface area contributed by atoms with Crippen molar-refractivity contribution in [1.82, 2.24) is 0 Å². The van der Waals surface area contributed by atoms with Crippen LogP contribution in [0.25, 0.3) is 0 Å². The molecule has 0 saturated heterocycles. The van der Waals surface area contributed by atoms with E-state index in [1.807, 2.05) is 0 Å². The van der Waals surface area contributed by atoms with Crippen molar-refractivity contribution in [1.29, 1.82) is 0 Å². The van der Waals surface area contributed by atoms with E-state index in [9.17, 15) is 0 Å². The summed E-state index contributed by atoms with van der Waals surface area (Å²) >= 11 is 0. The molecule has 0 rings (SSSR count). The molecule has 0 heteroatoms. The minimum absolute atomic E-state index is 1.46. The molecule has 0 saturated carbocycles. The van der Waals surface area contributed by atoms with Gasteiger partial charge in [-0.15, -0.1) is 6.42 Å². The maximum absolute atomic E-state index is 4.79. The van der Waals surface area contributed by atoms with E-state index in [4.69, 9.17) is 6.42 Å². The quantitative estimate of drug-likeness (QED) is 0.395. The van der Waals surface area contributed by atoms with E-state index in [1.54, 1.807) is 0 Å². The third-order valence-corrected chi connectivity index (χ3v) is 0.371. The maximum atomic E-state index is 4.79. The molecule has 0 amide bonds. The van der Waals surface area contributed by atoms with E-state index in [-0.39, 0.29) is 0 Å². The molecule has 8 heavy (non-hydrogen) atoms. The van der Waals surface area contributed by atoms with Crippen LogP contribution in [-0.2, 0) is 0 Å². The van der Waals surface area contributed by atoms with Crippen LogP contribution in [0.1, 0.15) is 0 Å². The Morgan fingerprint density at radius 1 is 1.25 bits per heavy atom. The zero-order valence-electron chi connectivity index (χ0n) is 4.36. The number of terminal acetylenes is 1. The second-order valence-corrected chi connectivity index (χ2v) is 0.868. The molecule has 0 fully saturated rings. The molecule has 0 aromatic heterocycles. The molecule has 0 aliphatic heterocycles. The Labute approximate surface area is 49.6 Å². The van der Waals surface area contributed by atoms with Crippen molar-refractivity contribution < 1.29 is 0 Å². The molecule has 36 valence electrons. The first-order valence-corrected chi connectivity index (χ1v) is 1.99. The van der Waals surface area contributed by atoms with Gasteiger partial charge in [-0.25, -0.2) is 0 Å². The fraction of sp³-hybridized carbons (Fsp3) is 0. The molecule has 0 aromatic rings. The molecule has 0 aromatic carbocycles. The van der Waals surface area contributed by atoms with Crippen molar-refractivity contribution in [3.8, 4) is 36.0 Å².